The minimum atomic E-state index is -0.904. The molecule has 14 heavy (non-hydrogen) atoms. The third-order valence-corrected chi connectivity index (χ3v) is 2.34. The molecule has 1 N–H and O–H groups in total. The molecular weight excluding hydrogens is 206 g/mol. The van der Waals surface area contributed by atoms with Gasteiger partial charge in [-0.3, -0.25) is 4.79 Å². The number of carboxylic acid groups (broad SMARTS) is 1. The number of aliphatic carboxylic acids is 1. The average Bonchev–Trinajstić information content (AvgIpc) is 2.62. The second kappa shape index (κ2) is 4.85. The summed E-state index contributed by atoms with van der Waals surface area (Å²) in [7, 11) is 1.83. The molecule has 0 amide bonds. The quantitative estimate of drug-likeness (QED) is 0.727. The number of thioether (sulfide) groups is 1. The van der Waals surface area contributed by atoms with Crippen molar-refractivity contribution in [2.75, 3.05) is 24.2 Å². The first kappa shape index (κ1) is 10.8. The molecule has 0 unspecified atom stereocenters. The summed E-state index contributed by atoms with van der Waals surface area (Å²) in [6.07, 6.45) is 0. The van der Waals surface area contributed by atoms with Crippen molar-refractivity contribution in [3.05, 3.63) is 0 Å². The van der Waals surface area contributed by atoms with Crippen molar-refractivity contribution < 1.29 is 14.4 Å². The first-order chi connectivity index (χ1) is 6.63. The summed E-state index contributed by atoms with van der Waals surface area (Å²) in [6.45, 7) is 2.73. The van der Waals surface area contributed by atoms with Crippen LogP contribution in [0.1, 0.15) is 6.92 Å². The molecule has 0 radical (unpaired) electrons. The molecule has 6 nitrogen and oxygen atoms in total. The Balaban J connectivity index is 2.54. The largest absolute Gasteiger partial charge is 0.481 e. The van der Waals surface area contributed by atoms with Gasteiger partial charge in [-0.05, 0) is 12.1 Å². The van der Waals surface area contributed by atoms with E-state index in [0.717, 1.165) is 18.3 Å². The van der Waals surface area contributed by atoms with E-state index in [1.54, 1.807) is 4.90 Å². The van der Waals surface area contributed by atoms with E-state index >= 15 is 0 Å². The Morgan fingerprint density at radius 3 is 3.00 bits per heavy atom. The van der Waals surface area contributed by atoms with E-state index in [-0.39, 0.29) is 11.0 Å². The van der Waals surface area contributed by atoms with Crippen LogP contribution in [0.4, 0.5) is 5.95 Å². The van der Waals surface area contributed by atoms with Crippen LogP contribution in [0.3, 0.4) is 0 Å². The SMILES string of the molecule is CCN(C)c1noc(SCC(=O)O)n1. The number of aromatic nitrogens is 2. The van der Waals surface area contributed by atoms with Crippen molar-refractivity contribution >= 4 is 23.7 Å². The second-order valence-corrected chi connectivity index (χ2v) is 3.48. The number of hydrogen-bond donors (Lipinski definition) is 1. The van der Waals surface area contributed by atoms with Gasteiger partial charge in [-0.25, -0.2) is 0 Å². The maximum absolute atomic E-state index is 10.2. The molecule has 0 atom stereocenters. The molecule has 78 valence electrons. The number of nitrogens with zero attached hydrogens (tertiary/aromatic N) is 3. The monoisotopic (exact) mass is 217 g/mol. The van der Waals surface area contributed by atoms with Crippen molar-refractivity contribution in [1.29, 1.82) is 0 Å². The minimum Gasteiger partial charge on any atom is -0.481 e. The summed E-state index contributed by atoms with van der Waals surface area (Å²) in [5.41, 5.74) is 0. The maximum atomic E-state index is 10.2. The van der Waals surface area contributed by atoms with E-state index in [0.29, 0.717) is 5.95 Å². The number of carbonyl (C=O) groups is 1. The summed E-state index contributed by atoms with van der Waals surface area (Å²) in [5.74, 6) is -0.503. The lowest BCUT2D eigenvalue weighted by Gasteiger charge is -2.08. The molecule has 0 aliphatic carbocycles. The molecule has 0 fully saturated rings. The van der Waals surface area contributed by atoms with Gasteiger partial charge in [0.1, 0.15) is 5.75 Å². The zero-order valence-corrected chi connectivity index (χ0v) is 8.74. The van der Waals surface area contributed by atoms with Crippen LogP contribution in [0, 0.1) is 0 Å². The number of hydrogen-bond acceptors (Lipinski definition) is 6. The van der Waals surface area contributed by atoms with Crippen LogP contribution in [-0.2, 0) is 4.79 Å². The highest BCUT2D eigenvalue weighted by molar-refractivity contribution is 7.99. The Kier molecular flexibility index (Phi) is 3.75. The van der Waals surface area contributed by atoms with Crippen molar-refractivity contribution in [3.8, 4) is 0 Å². The molecule has 0 bridgehead atoms. The topological polar surface area (TPSA) is 79.5 Å². The standard InChI is InChI=1S/C7H11N3O3S/c1-3-10(2)6-8-7(13-9-6)14-4-5(11)12/h3-4H2,1-2H3,(H,11,12). The Morgan fingerprint density at radius 1 is 1.71 bits per heavy atom. The normalized spacial score (nSPS) is 10.1. The van der Waals surface area contributed by atoms with Gasteiger partial charge in [0.2, 0.25) is 0 Å². The predicted octanol–water partition coefficient (Wildman–Crippen LogP) is 0.702. The fourth-order valence-corrected chi connectivity index (χ4v) is 1.16. The summed E-state index contributed by atoms with van der Waals surface area (Å²) in [5, 5.41) is 12.4. The van der Waals surface area contributed by atoms with Gasteiger partial charge in [0.05, 0.1) is 0 Å². The lowest BCUT2D eigenvalue weighted by Crippen LogP contribution is -2.16. The minimum absolute atomic E-state index is 0.0720. The Hall–Kier alpha value is -1.24. The summed E-state index contributed by atoms with van der Waals surface area (Å²) >= 11 is 1.01. The van der Waals surface area contributed by atoms with Crippen LogP contribution in [0.25, 0.3) is 0 Å². The molecule has 0 aromatic carbocycles. The van der Waals surface area contributed by atoms with Crippen molar-refractivity contribution in [2.24, 2.45) is 0 Å². The van der Waals surface area contributed by atoms with Crippen molar-refractivity contribution in [1.82, 2.24) is 10.1 Å². The molecule has 0 spiro atoms. The third-order valence-electron chi connectivity index (χ3n) is 1.53. The Bertz CT molecular complexity index is 315. The van der Waals surface area contributed by atoms with Crippen LogP contribution in [-0.4, -0.2) is 40.6 Å². The summed E-state index contributed by atoms with van der Waals surface area (Å²) in [4.78, 5) is 16.0. The first-order valence-corrected chi connectivity index (χ1v) is 5.01. The highest BCUT2D eigenvalue weighted by Crippen LogP contribution is 2.17. The van der Waals surface area contributed by atoms with Crippen molar-refractivity contribution in [3.63, 3.8) is 0 Å². The molecule has 7 heteroatoms. The number of carboxylic acids is 1. The smallest absolute Gasteiger partial charge is 0.314 e. The first-order valence-electron chi connectivity index (χ1n) is 4.03. The van der Waals surface area contributed by atoms with Gasteiger partial charge in [0.25, 0.3) is 11.2 Å². The van der Waals surface area contributed by atoms with E-state index in [1.807, 2.05) is 14.0 Å². The lowest BCUT2D eigenvalue weighted by atomic mass is 10.6. The summed E-state index contributed by atoms with van der Waals surface area (Å²) < 4.78 is 4.83. The fourth-order valence-electron chi connectivity index (χ4n) is 0.681. The van der Waals surface area contributed by atoms with Gasteiger partial charge in [-0.2, -0.15) is 4.98 Å². The van der Waals surface area contributed by atoms with Gasteiger partial charge >= 0.3 is 5.97 Å². The summed E-state index contributed by atoms with van der Waals surface area (Å²) in [6, 6.07) is 0. The molecule has 0 saturated carbocycles. The van der Waals surface area contributed by atoms with Gasteiger partial charge in [0, 0.05) is 13.6 Å². The van der Waals surface area contributed by atoms with Crippen LogP contribution in [0.15, 0.2) is 9.75 Å². The number of anilines is 1. The molecule has 1 aromatic rings. The van der Waals surface area contributed by atoms with E-state index in [4.69, 9.17) is 9.63 Å². The predicted molar refractivity (Wildman–Crippen MR) is 51.6 cm³/mol. The van der Waals surface area contributed by atoms with Gasteiger partial charge in [0.15, 0.2) is 0 Å². The molecule has 1 aromatic heterocycles. The number of rotatable bonds is 5. The zero-order chi connectivity index (χ0) is 10.6. The molecule has 1 rings (SSSR count). The van der Waals surface area contributed by atoms with E-state index in [1.165, 1.54) is 0 Å². The van der Waals surface area contributed by atoms with Crippen molar-refractivity contribution in [2.45, 2.75) is 12.1 Å². The third kappa shape index (κ3) is 2.91. The van der Waals surface area contributed by atoms with E-state index < -0.39 is 5.97 Å². The molecule has 0 aliphatic heterocycles. The van der Waals surface area contributed by atoms with Crippen LogP contribution in [0.2, 0.25) is 0 Å². The maximum Gasteiger partial charge on any atom is 0.314 e. The van der Waals surface area contributed by atoms with Gasteiger partial charge in [-0.1, -0.05) is 11.8 Å². The van der Waals surface area contributed by atoms with Gasteiger partial charge < -0.3 is 14.5 Å². The zero-order valence-electron chi connectivity index (χ0n) is 7.93. The van der Waals surface area contributed by atoms with E-state index in [9.17, 15) is 4.79 Å². The fraction of sp³-hybridized carbons (Fsp3) is 0.571. The highest BCUT2D eigenvalue weighted by atomic mass is 32.2. The Morgan fingerprint density at radius 2 is 2.43 bits per heavy atom. The Labute approximate surface area is 85.3 Å². The second-order valence-electron chi connectivity index (χ2n) is 2.56. The highest BCUT2D eigenvalue weighted by Gasteiger charge is 2.10. The van der Waals surface area contributed by atoms with Crippen LogP contribution >= 0.6 is 11.8 Å². The molecule has 1 heterocycles. The van der Waals surface area contributed by atoms with Crippen LogP contribution in [0.5, 0.6) is 0 Å². The van der Waals surface area contributed by atoms with E-state index in [2.05, 4.69) is 10.1 Å². The van der Waals surface area contributed by atoms with Gasteiger partial charge in [-0.15, -0.1) is 0 Å². The lowest BCUT2D eigenvalue weighted by molar-refractivity contribution is -0.133. The average molecular weight is 217 g/mol. The molecule has 0 saturated heterocycles. The van der Waals surface area contributed by atoms with Crippen LogP contribution < -0.4 is 4.90 Å². The molecule has 0 aliphatic rings. The molecular formula is C7H11N3O3S.